The lowest BCUT2D eigenvalue weighted by Crippen LogP contribution is -2.65. The summed E-state index contributed by atoms with van der Waals surface area (Å²) in [5.74, 6) is 0.712. The molecule has 2 aliphatic heterocycles. The number of nitrogens with zero attached hydrogens (tertiary/aromatic N) is 1. The van der Waals surface area contributed by atoms with E-state index in [0.717, 1.165) is 24.9 Å². The second kappa shape index (κ2) is 10.1. The average molecular weight is 471 g/mol. The van der Waals surface area contributed by atoms with Gasteiger partial charge in [0.05, 0.1) is 0 Å². The lowest BCUT2D eigenvalue weighted by atomic mass is 9.53. The Kier molecular flexibility index (Phi) is 7.33. The van der Waals surface area contributed by atoms with E-state index in [-0.39, 0.29) is 29.4 Å². The number of carbonyl (C=O) groups is 2. The van der Waals surface area contributed by atoms with E-state index in [1.807, 2.05) is 19.2 Å². The van der Waals surface area contributed by atoms with Crippen LogP contribution in [-0.2, 0) is 26.2 Å². The topological polar surface area (TPSA) is 77.1 Å². The summed E-state index contributed by atoms with van der Waals surface area (Å²) in [5, 5.41) is 3.10. The molecule has 1 aromatic carbocycles. The van der Waals surface area contributed by atoms with Crippen LogP contribution < -0.4 is 14.8 Å². The van der Waals surface area contributed by atoms with Crippen LogP contribution in [0, 0.1) is 5.92 Å². The van der Waals surface area contributed by atoms with Crippen molar-refractivity contribution in [1.82, 2.24) is 10.2 Å². The molecule has 7 nitrogen and oxygen atoms in total. The number of esters is 2. The summed E-state index contributed by atoms with van der Waals surface area (Å²) in [6.07, 6.45) is 9.32. The van der Waals surface area contributed by atoms with Gasteiger partial charge in [0.2, 0.25) is 0 Å². The molecule has 1 saturated heterocycles. The maximum Gasteiger partial charge on any atom is 0.308 e. The van der Waals surface area contributed by atoms with Crippen LogP contribution in [0.3, 0.4) is 0 Å². The zero-order valence-corrected chi connectivity index (χ0v) is 21.1. The van der Waals surface area contributed by atoms with E-state index in [1.54, 1.807) is 0 Å². The minimum absolute atomic E-state index is 0.245. The molecule has 186 valence electrons. The minimum Gasteiger partial charge on any atom is -0.481 e. The molecule has 2 heterocycles. The molecule has 0 aromatic heterocycles. The lowest BCUT2D eigenvalue weighted by Gasteiger charge is -2.56. The van der Waals surface area contributed by atoms with Crippen molar-refractivity contribution in [3.63, 3.8) is 0 Å². The van der Waals surface area contributed by atoms with Crippen LogP contribution in [0.25, 0.3) is 0 Å². The van der Waals surface area contributed by atoms with Crippen molar-refractivity contribution >= 4 is 11.9 Å². The highest BCUT2D eigenvalue weighted by atomic mass is 16.6. The fourth-order valence-electron chi connectivity index (χ4n) is 6.29. The first-order chi connectivity index (χ1) is 16.3. The van der Waals surface area contributed by atoms with Gasteiger partial charge in [-0.15, -0.1) is 0 Å². The normalized spacial score (nSPS) is 29.9. The molecule has 4 aliphatic rings. The number of nitrogens with one attached hydrogen (secondary N) is 1. The van der Waals surface area contributed by atoms with Crippen molar-refractivity contribution in [2.45, 2.75) is 76.5 Å². The third-order valence-electron chi connectivity index (χ3n) is 7.70. The quantitative estimate of drug-likeness (QED) is 0.296. The number of ether oxygens (including phenoxy) is 3. The molecular weight excluding hydrogens is 432 g/mol. The molecular formula is C27H38N2O5. The maximum atomic E-state index is 11.7. The molecule has 5 rings (SSSR count). The molecule has 0 unspecified atom stereocenters. The third kappa shape index (κ3) is 4.24. The highest BCUT2D eigenvalue weighted by Crippen LogP contribution is 2.62. The molecule has 1 fully saturated rings. The monoisotopic (exact) mass is 470 g/mol. The Morgan fingerprint density at radius 2 is 2.00 bits per heavy atom. The molecule has 1 spiro atoms. The van der Waals surface area contributed by atoms with Crippen LogP contribution in [0.15, 0.2) is 24.3 Å². The molecule has 34 heavy (non-hydrogen) atoms. The second-order valence-electron chi connectivity index (χ2n) is 9.90. The Morgan fingerprint density at radius 1 is 1.21 bits per heavy atom. The van der Waals surface area contributed by atoms with Gasteiger partial charge in [0.25, 0.3) is 0 Å². The zero-order chi connectivity index (χ0) is 24.5. The zero-order valence-electron chi connectivity index (χ0n) is 21.1. The van der Waals surface area contributed by atoms with E-state index in [4.69, 9.17) is 14.2 Å². The van der Waals surface area contributed by atoms with E-state index >= 15 is 0 Å². The van der Waals surface area contributed by atoms with E-state index in [1.165, 1.54) is 45.2 Å². The van der Waals surface area contributed by atoms with Gasteiger partial charge in [-0.3, -0.25) is 9.59 Å². The van der Waals surface area contributed by atoms with Crippen molar-refractivity contribution in [1.29, 1.82) is 0 Å². The summed E-state index contributed by atoms with van der Waals surface area (Å²) < 4.78 is 17.5. The van der Waals surface area contributed by atoms with Crippen LogP contribution in [0.1, 0.15) is 57.6 Å². The minimum atomic E-state index is -0.439. The molecule has 0 amide bonds. The number of carbonyl (C=O) groups excluding carboxylic acids is 2. The van der Waals surface area contributed by atoms with Crippen LogP contribution in [0.4, 0.5) is 0 Å². The van der Waals surface area contributed by atoms with Gasteiger partial charge in [-0.1, -0.05) is 31.9 Å². The molecule has 0 saturated carbocycles. The van der Waals surface area contributed by atoms with Crippen molar-refractivity contribution in [3.8, 4) is 11.5 Å². The molecule has 2 aliphatic carbocycles. The van der Waals surface area contributed by atoms with Gasteiger partial charge < -0.3 is 24.4 Å². The van der Waals surface area contributed by atoms with Gasteiger partial charge in [-0.25, -0.2) is 0 Å². The Hall–Kier alpha value is -2.38. The van der Waals surface area contributed by atoms with Crippen molar-refractivity contribution in [3.05, 3.63) is 35.4 Å². The number of likely N-dealkylation sites (N-methyl/N-ethyl adjacent to an activating group) is 1. The molecule has 5 atom stereocenters. The van der Waals surface area contributed by atoms with E-state index in [9.17, 15) is 9.59 Å². The second-order valence-corrected chi connectivity index (χ2v) is 9.90. The highest BCUT2D eigenvalue weighted by Gasteiger charge is 2.65. The highest BCUT2D eigenvalue weighted by molar-refractivity contribution is 5.73. The van der Waals surface area contributed by atoms with Gasteiger partial charge >= 0.3 is 11.9 Å². The van der Waals surface area contributed by atoms with Gasteiger partial charge in [-0.2, -0.15) is 0 Å². The summed E-state index contributed by atoms with van der Waals surface area (Å²) in [6, 6.07) is 4.28. The molecule has 0 radical (unpaired) electrons. The molecule has 1 N–H and O–H groups in total. The SMILES string of the molecule is CC(=O)Oc1ccc2c3c1O[C@H]1[C@@H](OC(C)=O)C=C[C@H]4[C@@H](C2)N(C)CC[C@@]341.CCCCCNC. The van der Waals surface area contributed by atoms with E-state index < -0.39 is 6.10 Å². The lowest BCUT2D eigenvalue weighted by molar-refractivity contribution is -0.152. The number of hydrogen-bond acceptors (Lipinski definition) is 7. The summed E-state index contributed by atoms with van der Waals surface area (Å²) in [6.45, 7) is 7.17. The van der Waals surface area contributed by atoms with Gasteiger partial charge in [0.15, 0.2) is 17.6 Å². The first-order valence-corrected chi connectivity index (χ1v) is 12.5. The first-order valence-electron chi connectivity index (χ1n) is 12.5. The summed E-state index contributed by atoms with van der Waals surface area (Å²) in [4.78, 5) is 25.7. The molecule has 7 heteroatoms. The fraction of sp³-hybridized carbons (Fsp3) is 0.630. The summed E-state index contributed by atoms with van der Waals surface area (Å²) in [7, 11) is 4.17. The number of piperidine rings is 1. The van der Waals surface area contributed by atoms with Crippen molar-refractivity contribution in [2.24, 2.45) is 5.92 Å². The third-order valence-corrected chi connectivity index (χ3v) is 7.70. The van der Waals surface area contributed by atoms with Gasteiger partial charge in [-0.05, 0) is 64.2 Å². The van der Waals surface area contributed by atoms with Gasteiger partial charge in [0.1, 0.15) is 6.10 Å². The maximum absolute atomic E-state index is 11.7. The Bertz CT molecular complexity index is 957. The van der Waals surface area contributed by atoms with Gasteiger partial charge in [0, 0.05) is 36.8 Å². The van der Waals surface area contributed by atoms with Crippen molar-refractivity contribution < 1.29 is 23.8 Å². The molecule has 2 bridgehead atoms. The van der Waals surface area contributed by atoms with E-state index in [2.05, 4.69) is 36.3 Å². The Balaban J connectivity index is 0.000000344. The average Bonchev–Trinajstić information content (AvgIpc) is 3.14. The Labute approximate surface area is 202 Å². The molecule has 1 aromatic rings. The Morgan fingerprint density at radius 3 is 2.68 bits per heavy atom. The van der Waals surface area contributed by atoms with Crippen LogP contribution >= 0.6 is 0 Å². The van der Waals surface area contributed by atoms with E-state index in [0.29, 0.717) is 17.5 Å². The van der Waals surface area contributed by atoms with Crippen molar-refractivity contribution in [2.75, 3.05) is 27.2 Å². The smallest absolute Gasteiger partial charge is 0.308 e. The largest absolute Gasteiger partial charge is 0.481 e. The number of benzene rings is 1. The summed E-state index contributed by atoms with van der Waals surface area (Å²) >= 11 is 0. The van der Waals surface area contributed by atoms with Crippen LogP contribution in [0.5, 0.6) is 11.5 Å². The predicted octanol–water partition coefficient (Wildman–Crippen LogP) is 3.38. The first kappa shape index (κ1) is 24.7. The van der Waals surface area contributed by atoms with Crippen LogP contribution in [-0.4, -0.2) is 62.3 Å². The number of unbranched alkanes of at least 4 members (excludes halogenated alkanes) is 2. The number of likely N-dealkylation sites (tertiary alicyclic amines) is 1. The standard InChI is InChI=1S/C21H23NO5.C6H15N/c1-11(23)25-16-6-4-13-10-15-14-5-7-17(26-12(2)24)20-21(14,8-9-22(15)3)18(13)19(16)27-20;1-3-4-5-6-7-2/h4-7,14-15,17,20H,8-10H2,1-3H3;7H,3-6H2,1-2H3/t14-,15+,17-,20-,21-;/m0./s1. The number of hydrogen-bond donors (Lipinski definition) is 1. The number of rotatable bonds is 6. The van der Waals surface area contributed by atoms with Crippen LogP contribution in [0.2, 0.25) is 0 Å². The predicted molar refractivity (Wildman–Crippen MR) is 130 cm³/mol. The summed E-state index contributed by atoms with van der Waals surface area (Å²) in [5.41, 5.74) is 2.15. The fourth-order valence-corrected chi connectivity index (χ4v) is 6.29.